The van der Waals surface area contributed by atoms with Crippen LogP contribution < -0.4 is 5.73 Å². The van der Waals surface area contributed by atoms with E-state index in [0.29, 0.717) is 23.9 Å². The molecule has 3 rings (SSSR count). The maximum atomic E-state index is 12.5. The van der Waals surface area contributed by atoms with E-state index in [1.165, 1.54) is 12.1 Å². The van der Waals surface area contributed by atoms with Crippen molar-refractivity contribution in [3.63, 3.8) is 0 Å². The van der Waals surface area contributed by atoms with Crippen molar-refractivity contribution in [3.8, 4) is 0 Å². The Hall–Kier alpha value is -1.27. The van der Waals surface area contributed by atoms with Crippen molar-refractivity contribution in [1.29, 1.82) is 0 Å². The molecule has 23 heavy (non-hydrogen) atoms. The minimum Gasteiger partial charge on any atom is -0.342 e. The highest BCUT2D eigenvalue weighted by Crippen LogP contribution is 2.37. The lowest BCUT2D eigenvalue weighted by Crippen LogP contribution is -2.34. The van der Waals surface area contributed by atoms with Crippen LogP contribution in [0.4, 0.5) is 13.2 Å². The molecule has 1 aromatic carbocycles. The lowest BCUT2D eigenvalue weighted by atomic mass is 9.98. The SMILES string of the molecule is Cl.NC1CCC2CN(C(=O)Cc3ccc(C(F)(F)F)cc3)CC12. The summed E-state index contributed by atoms with van der Waals surface area (Å²) in [5.74, 6) is 0.851. The number of nitrogens with two attached hydrogens (primary N) is 1. The topological polar surface area (TPSA) is 46.3 Å². The second-order valence-electron chi connectivity index (χ2n) is 6.34. The van der Waals surface area contributed by atoms with Crippen molar-refractivity contribution in [3.05, 3.63) is 35.4 Å². The number of carbonyl (C=O) groups excluding carboxylic acids is 1. The Kier molecular flexibility index (Phi) is 5.26. The van der Waals surface area contributed by atoms with Crippen LogP contribution >= 0.6 is 12.4 Å². The first-order chi connectivity index (χ1) is 10.3. The van der Waals surface area contributed by atoms with Gasteiger partial charge in [0.05, 0.1) is 12.0 Å². The van der Waals surface area contributed by atoms with Gasteiger partial charge in [-0.3, -0.25) is 4.79 Å². The Balaban J connectivity index is 0.00000192. The highest BCUT2D eigenvalue weighted by atomic mass is 35.5. The average Bonchev–Trinajstić information content (AvgIpc) is 3.01. The van der Waals surface area contributed by atoms with E-state index in [9.17, 15) is 18.0 Å². The van der Waals surface area contributed by atoms with Crippen molar-refractivity contribution < 1.29 is 18.0 Å². The van der Waals surface area contributed by atoms with Crippen LogP contribution in [0.1, 0.15) is 24.0 Å². The zero-order valence-corrected chi connectivity index (χ0v) is 13.4. The van der Waals surface area contributed by atoms with Crippen molar-refractivity contribution in [2.45, 2.75) is 31.5 Å². The van der Waals surface area contributed by atoms with Crippen LogP contribution in [0.2, 0.25) is 0 Å². The van der Waals surface area contributed by atoms with Gasteiger partial charge in [0.15, 0.2) is 0 Å². The maximum Gasteiger partial charge on any atom is 0.416 e. The van der Waals surface area contributed by atoms with Gasteiger partial charge in [0.1, 0.15) is 0 Å². The predicted octanol–water partition coefficient (Wildman–Crippen LogP) is 2.87. The molecule has 0 radical (unpaired) electrons. The summed E-state index contributed by atoms with van der Waals surface area (Å²) in [6.07, 6.45) is -2.11. The molecule has 2 fully saturated rings. The van der Waals surface area contributed by atoms with Crippen LogP contribution in [-0.4, -0.2) is 29.9 Å². The number of fused-ring (bicyclic) bond motifs is 1. The van der Waals surface area contributed by atoms with Gasteiger partial charge >= 0.3 is 6.18 Å². The standard InChI is InChI=1S/C16H19F3N2O.ClH/c17-16(18,19)12-4-1-10(2-5-12)7-15(22)21-8-11-3-6-14(20)13(11)9-21;/h1-2,4-5,11,13-14H,3,6-9,20H2;1H. The molecule has 1 aliphatic carbocycles. The van der Waals surface area contributed by atoms with Gasteiger partial charge in [-0.2, -0.15) is 13.2 Å². The third-order valence-corrected chi connectivity index (χ3v) is 4.90. The molecule has 3 unspecified atom stereocenters. The van der Waals surface area contributed by atoms with Crippen LogP contribution in [0.5, 0.6) is 0 Å². The van der Waals surface area contributed by atoms with Crippen LogP contribution in [-0.2, 0) is 17.4 Å². The third-order valence-electron chi connectivity index (χ3n) is 4.90. The van der Waals surface area contributed by atoms with E-state index < -0.39 is 11.7 Å². The summed E-state index contributed by atoms with van der Waals surface area (Å²) in [5, 5.41) is 0. The predicted molar refractivity (Wildman–Crippen MR) is 83.2 cm³/mol. The second-order valence-corrected chi connectivity index (χ2v) is 6.34. The molecule has 128 valence electrons. The van der Waals surface area contributed by atoms with Crippen molar-refractivity contribution in [2.75, 3.05) is 13.1 Å². The first-order valence-electron chi connectivity index (χ1n) is 7.54. The number of rotatable bonds is 2. The lowest BCUT2D eigenvalue weighted by molar-refractivity contribution is -0.137. The number of benzene rings is 1. The van der Waals surface area contributed by atoms with Crippen LogP contribution in [0.3, 0.4) is 0 Å². The van der Waals surface area contributed by atoms with Crippen molar-refractivity contribution in [2.24, 2.45) is 17.6 Å². The zero-order chi connectivity index (χ0) is 15.9. The van der Waals surface area contributed by atoms with E-state index in [-0.39, 0.29) is 30.8 Å². The molecule has 1 saturated carbocycles. The molecule has 3 atom stereocenters. The van der Waals surface area contributed by atoms with E-state index in [4.69, 9.17) is 5.73 Å². The normalized spacial score (nSPS) is 26.8. The molecule has 1 saturated heterocycles. The number of likely N-dealkylation sites (tertiary alicyclic amines) is 1. The number of amides is 1. The number of hydrogen-bond acceptors (Lipinski definition) is 2. The third kappa shape index (κ3) is 3.80. The number of carbonyl (C=O) groups is 1. The van der Waals surface area contributed by atoms with Gasteiger partial charge in [0, 0.05) is 19.1 Å². The van der Waals surface area contributed by atoms with Crippen LogP contribution in [0, 0.1) is 11.8 Å². The summed E-state index contributed by atoms with van der Waals surface area (Å²) in [7, 11) is 0. The lowest BCUT2D eigenvalue weighted by Gasteiger charge is -2.19. The number of halogens is 4. The monoisotopic (exact) mass is 348 g/mol. The van der Waals surface area contributed by atoms with Crippen LogP contribution in [0.25, 0.3) is 0 Å². The first-order valence-corrected chi connectivity index (χ1v) is 7.54. The molecular weight excluding hydrogens is 329 g/mol. The molecule has 0 spiro atoms. The molecule has 3 nitrogen and oxygen atoms in total. The van der Waals surface area contributed by atoms with Gasteiger partial charge in [-0.25, -0.2) is 0 Å². The Morgan fingerprint density at radius 1 is 1.17 bits per heavy atom. The van der Waals surface area contributed by atoms with Gasteiger partial charge in [-0.1, -0.05) is 12.1 Å². The van der Waals surface area contributed by atoms with E-state index in [1.807, 2.05) is 4.90 Å². The maximum absolute atomic E-state index is 12.5. The molecule has 1 aromatic rings. The molecule has 1 amide bonds. The second kappa shape index (κ2) is 6.69. The summed E-state index contributed by atoms with van der Waals surface area (Å²) < 4.78 is 37.5. The molecule has 7 heteroatoms. The van der Waals surface area contributed by atoms with Crippen LogP contribution in [0.15, 0.2) is 24.3 Å². The summed E-state index contributed by atoms with van der Waals surface area (Å²) in [5.41, 5.74) is 5.97. The minimum absolute atomic E-state index is 0. The van der Waals surface area contributed by atoms with Gasteiger partial charge in [0.25, 0.3) is 0 Å². The van der Waals surface area contributed by atoms with Crippen molar-refractivity contribution in [1.82, 2.24) is 4.90 Å². The fourth-order valence-electron chi connectivity index (χ4n) is 3.61. The molecule has 1 heterocycles. The van der Waals surface area contributed by atoms with Gasteiger partial charge in [0.2, 0.25) is 5.91 Å². The summed E-state index contributed by atoms with van der Waals surface area (Å²) in [6, 6.07) is 4.98. The highest BCUT2D eigenvalue weighted by Gasteiger charge is 2.42. The number of nitrogens with zero attached hydrogens (tertiary/aromatic N) is 1. The molecule has 1 aliphatic heterocycles. The summed E-state index contributed by atoms with van der Waals surface area (Å²) in [6.45, 7) is 1.42. The molecule has 2 N–H and O–H groups in total. The minimum atomic E-state index is -4.34. The Labute approximate surface area is 139 Å². The Morgan fingerprint density at radius 3 is 2.39 bits per heavy atom. The Bertz CT molecular complexity index is 561. The smallest absolute Gasteiger partial charge is 0.342 e. The van der Waals surface area contributed by atoms with Gasteiger partial charge in [-0.15, -0.1) is 12.4 Å². The summed E-state index contributed by atoms with van der Waals surface area (Å²) in [4.78, 5) is 14.1. The fourth-order valence-corrected chi connectivity index (χ4v) is 3.61. The largest absolute Gasteiger partial charge is 0.416 e. The molecule has 0 bridgehead atoms. The molecule has 2 aliphatic rings. The highest BCUT2D eigenvalue weighted by molar-refractivity contribution is 5.85. The first kappa shape index (κ1) is 18.1. The van der Waals surface area contributed by atoms with E-state index in [1.54, 1.807) is 0 Å². The zero-order valence-electron chi connectivity index (χ0n) is 12.6. The van der Waals surface area contributed by atoms with Gasteiger partial charge in [-0.05, 0) is 42.4 Å². The van der Waals surface area contributed by atoms with Crippen molar-refractivity contribution >= 4 is 18.3 Å². The fraction of sp³-hybridized carbons (Fsp3) is 0.562. The summed E-state index contributed by atoms with van der Waals surface area (Å²) >= 11 is 0. The Morgan fingerprint density at radius 2 is 1.83 bits per heavy atom. The number of hydrogen-bond donors (Lipinski definition) is 1. The molecule has 0 aromatic heterocycles. The van der Waals surface area contributed by atoms with Gasteiger partial charge < -0.3 is 10.6 Å². The molecular formula is C16H20ClF3N2O. The average molecular weight is 349 g/mol. The number of alkyl halides is 3. The quantitative estimate of drug-likeness (QED) is 0.893. The van der Waals surface area contributed by atoms with E-state index in [2.05, 4.69) is 0 Å². The van der Waals surface area contributed by atoms with E-state index >= 15 is 0 Å². The van der Waals surface area contributed by atoms with E-state index in [0.717, 1.165) is 31.5 Å².